The molecule has 0 atom stereocenters. The molecule has 68 valence electrons. The number of nitrogens with one attached hydrogen (secondary N) is 1. The summed E-state index contributed by atoms with van der Waals surface area (Å²) in [6, 6.07) is 5.27. The van der Waals surface area contributed by atoms with Gasteiger partial charge in [0, 0.05) is 10.6 Å². The monoisotopic (exact) mass is 213 g/mol. The smallest absolute Gasteiger partial charge is 0.0577 e. The summed E-state index contributed by atoms with van der Waals surface area (Å²) in [7, 11) is 1.85. The summed E-state index contributed by atoms with van der Waals surface area (Å²) >= 11 is 11.6. The SMILES string of the molecule is CNCC#Cc1ccc(Cl)cc1Cl. The largest absolute Gasteiger partial charge is 0.309 e. The highest BCUT2D eigenvalue weighted by Crippen LogP contribution is 2.19. The van der Waals surface area contributed by atoms with E-state index in [0.29, 0.717) is 16.6 Å². The van der Waals surface area contributed by atoms with Crippen LogP contribution in [0, 0.1) is 11.8 Å². The summed E-state index contributed by atoms with van der Waals surface area (Å²) in [5.74, 6) is 5.86. The Labute approximate surface area is 88.0 Å². The van der Waals surface area contributed by atoms with E-state index in [-0.39, 0.29) is 0 Å². The first-order valence-electron chi connectivity index (χ1n) is 3.82. The van der Waals surface area contributed by atoms with Crippen LogP contribution in [0.3, 0.4) is 0 Å². The van der Waals surface area contributed by atoms with Crippen molar-refractivity contribution in [2.45, 2.75) is 0 Å². The molecule has 1 rings (SSSR count). The van der Waals surface area contributed by atoms with Crippen molar-refractivity contribution < 1.29 is 0 Å². The molecule has 0 bridgehead atoms. The molecule has 0 saturated heterocycles. The van der Waals surface area contributed by atoms with Gasteiger partial charge in [-0.05, 0) is 25.2 Å². The van der Waals surface area contributed by atoms with Gasteiger partial charge in [-0.3, -0.25) is 0 Å². The maximum absolute atomic E-state index is 5.90. The number of halogens is 2. The highest BCUT2D eigenvalue weighted by molar-refractivity contribution is 6.35. The maximum atomic E-state index is 5.90. The third kappa shape index (κ3) is 3.28. The van der Waals surface area contributed by atoms with Crippen LogP contribution in [0.1, 0.15) is 5.56 Å². The van der Waals surface area contributed by atoms with Gasteiger partial charge in [-0.1, -0.05) is 35.0 Å². The highest BCUT2D eigenvalue weighted by Gasteiger charge is 1.96. The molecule has 0 unspecified atom stereocenters. The Hall–Kier alpha value is -0.680. The normalized spacial score (nSPS) is 9.15. The predicted octanol–water partition coefficient (Wildman–Crippen LogP) is 2.56. The molecule has 0 saturated carbocycles. The average molecular weight is 214 g/mol. The van der Waals surface area contributed by atoms with E-state index in [1.54, 1.807) is 12.1 Å². The molecule has 1 nitrogen and oxygen atoms in total. The van der Waals surface area contributed by atoms with Crippen molar-refractivity contribution in [3.8, 4) is 11.8 Å². The number of benzene rings is 1. The molecule has 13 heavy (non-hydrogen) atoms. The fraction of sp³-hybridized carbons (Fsp3) is 0.200. The Morgan fingerprint density at radius 3 is 2.77 bits per heavy atom. The van der Waals surface area contributed by atoms with Crippen LogP contribution in [0.5, 0.6) is 0 Å². The summed E-state index contributed by atoms with van der Waals surface area (Å²) in [4.78, 5) is 0. The first-order valence-corrected chi connectivity index (χ1v) is 4.58. The zero-order valence-electron chi connectivity index (χ0n) is 7.20. The van der Waals surface area contributed by atoms with Gasteiger partial charge in [-0.2, -0.15) is 0 Å². The predicted molar refractivity (Wildman–Crippen MR) is 57.3 cm³/mol. The molecule has 0 aromatic heterocycles. The van der Waals surface area contributed by atoms with E-state index in [0.717, 1.165) is 5.56 Å². The first kappa shape index (κ1) is 10.4. The average Bonchev–Trinajstić information content (AvgIpc) is 2.09. The standard InChI is InChI=1S/C10H9Cl2N/c1-13-6-2-3-8-4-5-9(11)7-10(8)12/h4-5,7,13H,6H2,1H3. The van der Waals surface area contributed by atoms with E-state index in [4.69, 9.17) is 23.2 Å². The summed E-state index contributed by atoms with van der Waals surface area (Å²) in [5.41, 5.74) is 0.807. The van der Waals surface area contributed by atoms with Crippen molar-refractivity contribution in [1.29, 1.82) is 0 Å². The molecule has 0 aliphatic rings. The van der Waals surface area contributed by atoms with E-state index in [9.17, 15) is 0 Å². The van der Waals surface area contributed by atoms with Crippen LogP contribution in [0.2, 0.25) is 10.0 Å². The van der Waals surface area contributed by atoms with Gasteiger partial charge in [0.05, 0.1) is 11.6 Å². The lowest BCUT2D eigenvalue weighted by Gasteiger charge is -1.95. The summed E-state index contributed by atoms with van der Waals surface area (Å²) in [6.07, 6.45) is 0. The number of hydrogen-bond acceptors (Lipinski definition) is 1. The second-order valence-corrected chi connectivity index (χ2v) is 3.30. The van der Waals surface area contributed by atoms with Crippen LogP contribution in [0.4, 0.5) is 0 Å². The highest BCUT2D eigenvalue weighted by atomic mass is 35.5. The molecule has 0 aliphatic heterocycles. The van der Waals surface area contributed by atoms with Crippen molar-refractivity contribution in [2.24, 2.45) is 0 Å². The minimum absolute atomic E-state index is 0.594. The second-order valence-electron chi connectivity index (χ2n) is 2.46. The van der Waals surface area contributed by atoms with Crippen molar-refractivity contribution in [3.05, 3.63) is 33.8 Å². The molecule has 0 spiro atoms. The van der Waals surface area contributed by atoms with Crippen LogP contribution in [-0.4, -0.2) is 13.6 Å². The van der Waals surface area contributed by atoms with Crippen LogP contribution in [0.25, 0.3) is 0 Å². The molecular weight excluding hydrogens is 205 g/mol. The minimum atomic E-state index is 0.594. The zero-order valence-corrected chi connectivity index (χ0v) is 8.71. The summed E-state index contributed by atoms with van der Waals surface area (Å²) < 4.78 is 0. The van der Waals surface area contributed by atoms with Crippen LogP contribution in [0.15, 0.2) is 18.2 Å². The molecule has 1 aromatic rings. The lowest BCUT2D eigenvalue weighted by atomic mass is 10.2. The fourth-order valence-electron chi connectivity index (χ4n) is 0.819. The van der Waals surface area contributed by atoms with Gasteiger partial charge in [0.2, 0.25) is 0 Å². The second kappa shape index (κ2) is 5.14. The van der Waals surface area contributed by atoms with E-state index in [1.807, 2.05) is 13.1 Å². The Morgan fingerprint density at radius 2 is 2.15 bits per heavy atom. The summed E-state index contributed by atoms with van der Waals surface area (Å²) in [5, 5.41) is 4.15. The van der Waals surface area contributed by atoms with Crippen molar-refractivity contribution in [1.82, 2.24) is 5.32 Å². The third-order valence-electron chi connectivity index (χ3n) is 1.42. The zero-order chi connectivity index (χ0) is 9.68. The Morgan fingerprint density at radius 1 is 1.38 bits per heavy atom. The van der Waals surface area contributed by atoms with Crippen LogP contribution >= 0.6 is 23.2 Å². The summed E-state index contributed by atoms with van der Waals surface area (Å²) in [6.45, 7) is 0.652. The molecule has 0 fully saturated rings. The molecule has 3 heteroatoms. The van der Waals surface area contributed by atoms with Gasteiger partial charge >= 0.3 is 0 Å². The van der Waals surface area contributed by atoms with Crippen molar-refractivity contribution >= 4 is 23.2 Å². The van der Waals surface area contributed by atoms with Gasteiger partial charge in [0.25, 0.3) is 0 Å². The topological polar surface area (TPSA) is 12.0 Å². The van der Waals surface area contributed by atoms with Crippen molar-refractivity contribution in [2.75, 3.05) is 13.6 Å². The van der Waals surface area contributed by atoms with Gasteiger partial charge in [0.15, 0.2) is 0 Å². The molecule has 1 N–H and O–H groups in total. The van der Waals surface area contributed by atoms with Gasteiger partial charge in [-0.15, -0.1) is 0 Å². The third-order valence-corrected chi connectivity index (χ3v) is 1.97. The van der Waals surface area contributed by atoms with E-state index < -0.39 is 0 Å². The number of rotatable bonds is 1. The molecule has 0 aliphatic carbocycles. The van der Waals surface area contributed by atoms with E-state index in [1.165, 1.54) is 0 Å². The van der Waals surface area contributed by atoms with Crippen LogP contribution in [-0.2, 0) is 0 Å². The molecule has 1 aromatic carbocycles. The quantitative estimate of drug-likeness (QED) is 0.708. The Bertz CT molecular complexity index is 350. The Balaban J connectivity index is 2.85. The molecule has 0 heterocycles. The molecular formula is C10H9Cl2N. The van der Waals surface area contributed by atoms with E-state index >= 15 is 0 Å². The van der Waals surface area contributed by atoms with Gasteiger partial charge < -0.3 is 5.32 Å². The van der Waals surface area contributed by atoms with Crippen LogP contribution < -0.4 is 5.32 Å². The minimum Gasteiger partial charge on any atom is -0.309 e. The lowest BCUT2D eigenvalue weighted by Crippen LogP contribution is -2.04. The lowest BCUT2D eigenvalue weighted by molar-refractivity contribution is 0.938. The Kier molecular flexibility index (Phi) is 4.11. The maximum Gasteiger partial charge on any atom is 0.0577 e. The number of hydrogen-bond donors (Lipinski definition) is 1. The first-order chi connectivity index (χ1) is 6.24. The van der Waals surface area contributed by atoms with Gasteiger partial charge in [-0.25, -0.2) is 0 Å². The van der Waals surface area contributed by atoms with E-state index in [2.05, 4.69) is 17.2 Å². The fourth-order valence-corrected chi connectivity index (χ4v) is 1.27. The van der Waals surface area contributed by atoms with Crippen molar-refractivity contribution in [3.63, 3.8) is 0 Å². The molecule has 0 amide bonds. The van der Waals surface area contributed by atoms with Gasteiger partial charge in [0.1, 0.15) is 0 Å². The molecule has 0 radical (unpaired) electrons.